The molecule has 4 aromatic carbocycles. The van der Waals surface area contributed by atoms with Crippen LogP contribution < -0.4 is 4.90 Å². The molecule has 7 heterocycles. The highest BCUT2D eigenvalue weighted by Gasteiger charge is 2.44. The zero-order valence-corrected chi connectivity index (χ0v) is 21.1. The van der Waals surface area contributed by atoms with Crippen LogP contribution in [-0.4, -0.2) is 7.05 Å². The molecular formula is C33H35N. The largest absolute Gasteiger partial charge is 0.345 e. The van der Waals surface area contributed by atoms with Gasteiger partial charge < -0.3 is 4.90 Å². The van der Waals surface area contributed by atoms with Crippen LogP contribution in [0, 0.1) is 0 Å². The average Bonchev–Trinajstić information content (AvgIpc) is 2.92. The zero-order chi connectivity index (χ0) is 23.9. The van der Waals surface area contributed by atoms with Crippen molar-refractivity contribution in [2.75, 3.05) is 11.9 Å². The minimum absolute atomic E-state index is 0.0267. The van der Waals surface area contributed by atoms with Crippen LogP contribution in [0.25, 0.3) is 22.3 Å². The Kier molecular flexibility index (Phi) is 5.60. The van der Waals surface area contributed by atoms with Crippen molar-refractivity contribution in [2.24, 2.45) is 0 Å². The highest BCUT2D eigenvalue weighted by atomic mass is 15.1. The molecule has 0 aliphatic carbocycles. The van der Waals surface area contributed by atoms with Crippen LogP contribution in [-0.2, 0) is 10.8 Å². The quantitative estimate of drug-likeness (QED) is 0.297. The number of nitrogens with zero attached hydrogens (tertiary/aromatic N) is 1. The third-order valence-corrected chi connectivity index (χ3v) is 8.85. The summed E-state index contributed by atoms with van der Waals surface area (Å²) in [5.74, 6) is 0. The van der Waals surface area contributed by atoms with Gasteiger partial charge in [-0.1, -0.05) is 100 Å². The second-order valence-electron chi connectivity index (χ2n) is 10.2. The van der Waals surface area contributed by atoms with Gasteiger partial charge in [-0.05, 0) is 70.5 Å². The highest BCUT2D eigenvalue weighted by molar-refractivity contribution is 5.72. The van der Waals surface area contributed by atoms with Crippen molar-refractivity contribution < 1.29 is 0 Å². The lowest BCUT2D eigenvalue weighted by atomic mass is 9.56. The van der Waals surface area contributed by atoms with E-state index >= 15 is 0 Å². The second kappa shape index (κ2) is 8.47. The molecule has 0 aromatic heterocycles. The van der Waals surface area contributed by atoms with Gasteiger partial charge in [0.2, 0.25) is 0 Å². The Balaban J connectivity index is 1.72. The molecule has 0 spiro atoms. The molecule has 0 fully saturated rings. The lowest BCUT2D eigenvalue weighted by molar-refractivity contribution is 0.235. The molecule has 4 aromatic rings. The third kappa shape index (κ3) is 3.46. The Hall–Kier alpha value is -3.32. The van der Waals surface area contributed by atoms with E-state index < -0.39 is 0 Å². The van der Waals surface area contributed by atoms with Crippen LogP contribution in [0.1, 0.15) is 51.7 Å². The predicted octanol–water partition coefficient (Wildman–Crippen LogP) is 9.14. The van der Waals surface area contributed by atoms with Gasteiger partial charge in [0.25, 0.3) is 0 Å². The minimum atomic E-state index is 0.0267. The molecule has 11 rings (SSSR count). The van der Waals surface area contributed by atoms with Crippen molar-refractivity contribution in [3.63, 3.8) is 0 Å². The number of rotatable bonds is 2. The molecule has 2 atom stereocenters. The van der Waals surface area contributed by atoms with E-state index in [1.807, 2.05) is 0 Å². The van der Waals surface area contributed by atoms with Crippen LogP contribution in [0.15, 0.2) is 97.1 Å². The molecule has 8 bridgehead atoms. The van der Waals surface area contributed by atoms with Gasteiger partial charge in [0, 0.05) is 29.3 Å². The predicted molar refractivity (Wildman–Crippen MR) is 147 cm³/mol. The maximum absolute atomic E-state index is 2.45. The van der Waals surface area contributed by atoms with E-state index in [1.165, 1.54) is 44.8 Å². The van der Waals surface area contributed by atoms with E-state index in [-0.39, 0.29) is 10.8 Å². The van der Waals surface area contributed by atoms with Crippen LogP contribution >= 0.6 is 0 Å². The summed E-state index contributed by atoms with van der Waals surface area (Å²) in [5.41, 5.74) is 10.3. The van der Waals surface area contributed by atoms with Gasteiger partial charge in [0.15, 0.2) is 0 Å². The summed E-state index contributed by atoms with van der Waals surface area (Å²) in [6, 6.07) is 36.4. The fourth-order valence-electron chi connectivity index (χ4n) is 5.79. The first-order chi connectivity index (χ1) is 16.4. The molecule has 0 saturated carbocycles. The summed E-state index contributed by atoms with van der Waals surface area (Å²) in [7, 11) is 2.13. The molecule has 172 valence electrons. The van der Waals surface area contributed by atoms with Crippen LogP contribution in [0.2, 0.25) is 0 Å². The SMILES string of the molecule is CCC1(C)c2ccc(cc2)-c2ccc(cc2)N(C)c2ccc(cc2)-c2ccc(cc2)C1(C)CC. The Morgan fingerprint density at radius 1 is 0.471 bits per heavy atom. The number of benzene rings is 4. The Bertz CT molecular complexity index is 1160. The average molecular weight is 446 g/mol. The van der Waals surface area contributed by atoms with Crippen molar-refractivity contribution in [3.05, 3.63) is 108 Å². The fourth-order valence-corrected chi connectivity index (χ4v) is 5.79. The van der Waals surface area contributed by atoms with Crippen molar-refractivity contribution in [1.82, 2.24) is 0 Å². The molecule has 34 heavy (non-hydrogen) atoms. The van der Waals surface area contributed by atoms with Crippen LogP contribution in [0.5, 0.6) is 0 Å². The first kappa shape index (κ1) is 22.5. The van der Waals surface area contributed by atoms with E-state index in [4.69, 9.17) is 0 Å². The summed E-state index contributed by atoms with van der Waals surface area (Å²) in [4.78, 5) is 2.24. The zero-order valence-electron chi connectivity index (χ0n) is 21.1. The normalized spacial score (nSPS) is 21.5. The summed E-state index contributed by atoms with van der Waals surface area (Å²) in [6.45, 7) is 9.57. The molecular weight excluding hydrogens is 410 g/mol. The van der Waals surface area contributed by atoms with Crippen molar-refractivity contribution in [3.8, 4) is 22.3 Å². The topological polar surface area (TPSA) is 3.24 Å². The summed E-state index contributed by atoms with van der Waals surface area (Å²) < 4.78 is 0. The summed E-state index contributed by atoms with van der Waals surface area (Å²) in [6.07, 6.45) is 2.17. The maximum Gasteiger partial charge on any atom is 0.0408 e. The summed E-state index contributed by atoms with van der Waals surface area (Å²) in [5, 5.41) is 0. The van der Waals surface area contributed by atoms with E-state index in [0.717, 1.165) is 12.8 Å². The monoisotopic (exact) mass is 445 g/mol. The fraction of sp³-hybridized carbons (Fsp3) is 0.273. The van der Waals surface area contributed by atoms with E-state index in [9.17, 15) is 0 Å². The van der Waals surface area contributed by atoms with Crippen molar-refractivity contribution in [1.29, 1.82) is 0 Å². The minimum Gasteiger partial charge on any atom is -0.345 e. The van der Waals surface area contributed by atoms with E-state index in [0.29, 0.717) is 0 Å². The Labute approximate surface area is 205 Å². The van der Waals surface area contributed by atoms with Crippen molar-refractivity contribution >= 4 is 11.4 Å². The smallest absolute Gasteiger partial charge is 0.0408 e. The van der Waals surface area contributed by atoms with Crippen molar-refractivity contribution in [2.45, 2.75) is 51.4 Å². The summed E-state index contributed by atoms with van der Waals surface area (Å²) >= 11 is 0. The number of anilines is 2. The molecule has 7 aliphatic heterocycles. The van der Waals surface area contributed by atoms with E-state index in [1.54, 1.807) is 0 Å². The molecule has 0 radical (unpaired) electrons. The van der Waals surface area contributed by atoms with Crippen LogP contribution in [0.4, 0.5) is 11.4 Å². The first-order valence-corrected chi connectivity index (χ1v) is 12.6. The molecule has 2 unspecified atom stereocenters. The molecule has 1 heteroatoms. The van der Waals surface area contributed by atoms with Gasteiger partial charge in [-0.2, -0.15) is 0 Å². The standard InChI is InChI=1S/C33H35N/c1-6-32(3)28-16-8-24(9-17-28)26-12-20-30(21-13-26)34(5)31-22-14-27(15-23-31)25-10-18-29(19-11-25)33(32,4)7-2/h8-23H,6-7H2,1-5H3. The number of hydrogen-bond donors (Lipinski definition) is 0. The molecule has 0 saturated heterocycles. The lowest BCUT2D eigenvalue weighted by Gasteiger charge is -2.47. The van der Waals surface area contributed by atoms with E-state index in [2.05, 4.69) is 137 Å². The third-order valence-electron chi connectivity index (χ3n) is 8.85. The van der Waals surface area contributed by atoms with Gasteiger partial charge in [-0.25, -0.2) is 0 Å². The molecule has 0 amide bonds. The maximum atomic E-state index is 2.45. The van der Waals surface area contributed by atoms with Gasteiger partial charge >= 0.3 is 0 Å². The van der Waals surface area contributed by atoms with Crippen LogP contribution in [0.3, 0.4) is 0 Å². The molecule has 1 nitrogen and oxygen atoms in total. The second-order valence-corrected chi connectivity index (χ2v) is 10.2. The Morgan fingerprint density at radius 3 is 1.00 bits per heavy atom. The van der Waals surface area contributed by atoms with Gasteiger partial charge in [-0.15, -0.1) is 0 Å². The molecule has 0 N–H and O–H groups in total. The first-order valence-electron chi connectivity index (χ1n) is 12.6. The lowest BCUT2D eigenvalue weighted by Crippen LogP contribution is -2.44. The highest BCUT2D eigenvalue weighted by Crippen LogP contribution is 2.49. The van der Waals surface area contributed by atoms with Gasteiger partial charge in [0.1, 0.15) is 0 Å². The molecule has 7 aliphatic rings. The Morgan fingerprint density at radius 2 is 0.735 bits per heavy atom. The number of hydrogen-bond acceptors (Lipinski definition) is 1. The van der Waals surface area contributed by atoms with Gasteiger partial charge in [0.05, 0.1) is 0 Å². The van der Waals surface area contributed by atoms with Gasteiger partial charge in [-0.3, -0.25) is 0 Å².